The van der Waals surface area contributed by atoms with Gasteiger partial charge in [0.1, 0.15) is 0 Å². The molecule has 0 bridgehead atoms. The van der Waals surface area contributed by atoms with Crippen molar-refractivity contribution in [3.8, 4) is 11.5 Å². The largest absolute Gasteiger partial charge is 0.493 e. The second kappa shape index (κ2) is 9.51. The summed E-state index contributed by atoms with van der Waals surface area (Å²) in [5, 5.41) is 10.6. The smallest absolute Gasteiger partial charge is 0.253 e. The Bertz CT molecular complexity index is 921. The van der Waals surface area contributed by atoms with Crippen LogP contribution in [0.4, 0.5) is 0 Å². The van der Waals surface area contributed by atoms with E-state index < -0.39 is 6.10 Å². The van der Waals surface area contributed by atoms with Crippen LogP contribution in [0.15, 0.2) is 48.5 Å². The van der Waals surface area contributed by atoms with Crippen LogP contribution in [0.2, 0.25) is 0 Å². The number of methoxy groups -OCH3 is 1. The van der Waals surface area contributed by atoms with Gasteiger partial charge in [0.15, 0.2) is 11.5 Å². The molecule has 0 aliphatic carbocycles. The van der Waals surface area contributed by atoms with Crippen molar-refractivity contribution in [2.24, 2.45) is 0 Å². The van der Waals surface area contributed by atoms with Gasteiger partial charge in [0.25, 0.3) is 5.91 Å². The van der Waals surface area contributed by atoms with Crippen molar-refractivity contribution in [3.05, 3.63) is 59.7 Å². The van der Waals surface area contributed by atoms with E-state index in [-0.39, 0.29) is 23.7 Å². The molecule has 2 atom stereocenters. The molecule has 1 amide bonds. The van der Waals surface area contributed by atoms with Gasteiger partial charge in [0.2, 0.25) is 0 Å². The molecule has 2 saturated heterocycles. The van der Waals surface area contributed by atoms with Gasteiger partial charge in [-0.3, -0.25) is 4.79 Å². The van der Waals surface area contributed by atoms with Gasteiger partial charge in [-0.25, -0.2) is 0 Å². The highest BCUT2D eigenvalue weighted by molar-refractivity contribution is 5.95. The minimum absolute atomic E-state index is 0.0225. The molecule has 0 aromatic heterocycles. The van der Waals surface area contributed by atoms with E-state index in [1.54, 1.807) is 25.3 Å². The molecule has 32 heavy (non-hydrogen) atoms. The maximum Gasteiger partial charge on any atom is 0.253 e. The summed E-state index contributed by atoms with van der Waals surface area (Å²) in [6.07, 6.45) is 2.17. The Morgan fingerprint density at radius 2 is 1.84 bits per heavy atom. The van der Waals surface area contributed by atoms with Crippen LogP contribution in [-0.4, -0.2) is 53.9 Å². The zero-order chi connectivity index (χ0) is 22.7. The normalized spacial score (nSPS) is 22.7. The highest BCUT2D eigenvalue weighted by Gasteiger charge is 2.44. The van der Waals surface area contributed by atoms with Crippen LogP contribution in [0, 0.1) is 0 Å². The number of carbonyl (C=O) groups excluding carboxylic acids is 1. The van der Waals surface area contributed by atoms with Crippen LogP contribution in [0.5, 0.6) is 11.5 Å². The Labute approximate surface area is 190 Å². The van der Waals surface area contributed by atoms with E-state index in [0.29, 0.717) is 55.8 Å². The molecule has 0 saturated carbocycles. The molecule has 0 unspecified atom stereocenters. The Hall–Kier alpha value is -2.57. The Morgan fingerprint density at radius 3 is 2.50 bits per heavy atom. The van der Waals surface area contributed by atoms with Crippen LogP contribution >= 0.6 is 0 Å². The molecule has 4 rings (SSSR count). The predicted molar refractivity (Wildman–Crippen MR) is 122 cm³/mol. The number of amides is 1. The van der Waals surface area contributed by atoms with Gasteiger partial charge in [-0.15, -0.1) is 0 Å². The molecular weight excluding hydrogens is 406 g/mol. The minimum atomic E-state index is -0.394. The van der Waals surface area contributed by atoms with Crippen LogP contribution in [0.25, 0.3) is 0 Å². The van der Waals surface area contributed by atoms with Crippen molar-refractivity contribution in [1.29, 1.82) is 0 Å². The first kappa shape index (κ1) is 22.6. The molecular formula is C26H33NO5. The molecule has 1 N–H and O–H groups in total. The van der Waals surface area contributed by atoms with E-state index in [1.165, 1.54) is 0 Å². The number of hydrogen-bond donors (Lipinski definition) is 1. The van der Waals surface area contributed by atoms with Gasteiger partial charge < -0.3 is 24.2 Å². The number of hydrogen-bond acceptors (Lipinski definition) is 5. The number of likely N-dealkylation sites (tertiary alicyclic amines) is 1. The summed E-state index contributed by atoms with van der Waals surface area (Å²) in [6, 6.07) is 15.4. The number of ether oxygens (including phenoxy) is 3. The molecule has 2 aromatic carbocycles. The molecule has 6 heteroatoms. The van der Waals surface area contributed by atoms with Crippen molar-refractivity contribution in [2.45, 2.75) is 63.4 Å². The van der Waals surface area contributed by atoms with Gasteiger partial charge in [0, 0.05) is 31.5 Å². The summed E-state index contributed by atoms with van der Waals surface area (Å²) >= 11 is 0. The second-order valence-corrected chi connectivity index (χ2v) is 9.12. The fourth-order valence-electron chi connectivity index (χ4n) is 4.80. The molecule has 2 aromatic rings. The monoisotopic (exact) mass is 439 g/mol. The minimum Gasteiger partial charge on any atom is -0.493 e. The van der Waals surface area contributed by atoms with E-state index in [9.17, 15) is 9.90 Å². The number of benzene rings is 2. The number of aliphatic hydroxyl groups is 1. The van der Waals surface area contributed by atoms with Crippen molar-refractivity contribution < 1.29 is 24.1 Å². The average molecular weight is 440 g/mol. The quantitative estimate of drug-likeness (QED) is 0.749. The van der Waals surface area contributed by atoms with Gasteiger partial charge >= 0.3 is 0 Å². The average Bonchev–Trinajstić information content (AvgIpc) is 2.79. The van der Waals surface area contributed by atoms with E-state index in [1.807, 2.05) is 36.9 Å². The van der Waals surface area contributed by atoms with Gasteiger partial charge in [0.05, 0.1) is 31.0 Å². The second-order valence-electron chi connectivity index (χ2n) is 9.12. The molecule has 2 aliphatic rings. The van der Waals surface area contributed by atoms with Crippen LogP contribution in [0.3, 0.4) is 0 Å². The lowest BCUT2D eigenvalue weighted by Gasteiger charge is -2.48. The van der Waals surface area contributed by atoms with Crippen molar-refractivity contribution in [3.63, 3.8) is 0 Å². The fraction of sp³-hybridized carbons (Fsp3) is 0.500. The van der Waals surface area contributed by atoms with Crippen LogP contribution < -0.4 is 9.47 Å². The molecule has 2 heterocycles. The number of aliphatic hydroxyl groups excluding tert-OH is 1. The third-order valence-corrected chi connectivity index (χ3v) is 6.39. The molecule has 1 spiro atoms. The van der Waals surface area contributed by atoms with E-state index >= 15 is 0 Å². The number of piperidine rings is 1. The lowest BCUT2D eigenvalue weighted by Crippen LogP contribution is -2.52. The summed E-state index contributed by atoms with van der Waals surface area (Å²) in [7, 11) is 1.58. The Kier molecular flexibility index (Phi) is 6.72. The van der Waals surface area contributed by atoms with Gasteiger partial charge in [-0.05, 0) is 50.5 Å². The zero-order valence-electron chi connectivity index (χ0n) is 19.1. The maximum absolute atomic E-state index is 13.2. The van der Waals surface area contributed by atoms with E-state index in [4.69, 9.17) is 14.2 Å². The highest BCUT2D eigenvalue weighted by atomic mass is 16.5. The first-order valence-corrected chi connectivity index (χ1v) is 11.4. The SMILES string of the molecule is COc1cc(C(=O)N2CCC3(CC2)C[C@H](O)C[C@@H](c2ccccc2)O3)ccc1OC(C)C. The lowest BCUT2D eigenvalue weighted by atomic mass is 9.81. The first-order chi connectivity index (χ1) is 15.4. The Balaban J connectivity index is 1.43. The molecule has 2 fully saturated rings. The van der Waals surface area contributed by atoms with Crippen LogP contribution in [-0.2, 0) is 4.74 Å². The van der Waals surface area contributed by atoms with Crippen molar-refractivity contribution >= 4 is 5.91 Å². The summed E-state index contributed by atoms with van der Waals surface area (Å²) in [4.78, 5) is 15.0. The summed E-state index contributed by atoms with van der Waals surface area (Å²) in [5.74, 6) is 1.17. The van der Waals surface area contributed by atoms with Crippen molar-refractivity contribution in [1.82, 2.24) is 4.90 Å². The first-order valence-electron chi connectivity index (χ1n) is 11.4. The summed E-state index contributed by atoms with van der Waals surface area (Å²) in [5.41, 5.74) is 1.29. The summed E-state index contributed by atoms with van der Waals surface area (Å²) in [6.45, 7) is 5.10. The maximum atomic E-state index is 13.2. The molecule has 0 radical (unpaired) electrons. The zero-order valence-corrected chi connectivity index (χ0v) is 19.1. The lowest BCUT2D eigenvalue weighted by molar-refractivity contribution is -0.181. The predicted octanol–water partition coefficient (Wildman–Crippen LogP) is 4.37. The molecule has 6 nitrogen and oxygen atoms in total. The van der Waals surface area contributed by atoms with E-state index in [0.717, 1.165) is 5.56 Å². The number of carbonyl (C=O) groups is 1. The fourth-order valence-corrected chi connectivity index (χ4v) is 4.80. The number of nitrogens with zero attached hydrogens (tertiary/aromatic N) is 1. The van der Waals surface area contributed by atoms with Gasteiger partial charge in [-0.1, -0.05) is 30.3 Å². The van der Waals surface area contributed by atoms with Gasteiger partial charge in [-0.2, -0.15) is 0 Å². The van der Waals surface area contributed by atoms with Crippen LogP contribution in [0.1, 0.15) is 61.6 Å². The standard InChI is InChI=1S/C26H33NO5/c1-18(2)31-22-10-9-20(15-24(22)30-3)25(29)27-13-11-26(12-14-27)17-21(28)16-23(32-26)19-7-5-4-6-8-19/h4-10,15,18,21,23,28H,11-14,16-17H2,1-3H3/t21-,23+/m1/s1. The highest BCUT2D eigenvalue weighted by Crippen LogP contribution is 2.43. The summed E-state index contributed by atoms with van der Waals surface area (Å²) < 4.78 is 17.8. The third kappa shape index (κ3) is 4.92. The Morgan fingerprint density at radius 1 is 1.12 bits per heavy atom. The van der Waals surface area contributed by atoms with Crippen molar-refractivity contribution in [2.75, 3.05) is 20.2 Å². The third-order valence-electron chi connectivity index (χ3n) is 6.39. The topological polar surface area (TPSA) is 68.2 Å². The molecule has 172 valence electrons. The number of rotatable bonds is 5. The van der Waals surface area contributed by atoms with E-state index in [2.05, 4.69) is 12.1 Å². The molecule has 2 aliphatic heterocycles.